The fraction of sp³-hybridized carbons (Fsp3) is 0.562. The number of esters is 2. The van der Waals surface area contributed by atoms with Crippen LogP contribution in [0.3, 0.4) is 0 Å². The van der Waals surface area contributed by atoms with Gasteiger partial charge in [0, 0.05) is 6.54 Å². The first kappa shape index (κ1) is 20.2. The summed E-state index contributed by atoms with van der Waals surface area (Å²) in [5, 5.41) is 10.0. The third-order valence-corrected chi connectivity index (χ3v) is 2.99. The highest BCUT2D eigenvalue weighted by atomic mass is 16.5. The Hall–Kier alpha value is -1.79. The largest absolute Gasteiger partial charge is 0.464 e. The van der Waals surface area contributed by atoms with E-state index in [0.717, 1.165) is 0 Å². The van der Waals surface area contributed by atoms with Gasteiger partial charge in [0.2, 0.25) is 0 Å². The van der Waals surface area contributed by atoms with Crippen LogP contribution in [0.1, 0.15) is 19.8 Å². The normalized spacial score (nSPS) is 15.0. The highest BCUT2D eigenvalue weighted by molar-refractivity contribution is 5.83. The summed E-state index contributed by atoms with van der Waals surface area (Å²) in [5.74, 6) is -3.21. The van der Waals surface area contributed by atoms with Gasteiger partial charge in [0.05, 0.1) is 24.9 Å². The number of allylic oxidation sites excluding steroid dienone is 2. The molecule has 6 heteroatoms. The Kier molecular flexibility index (Phi) is 10.9. The van der Waals surface area contributed by atoms with E-state index in [2.05, 4.69) is 13.5 Å². The van der Waals surface area contributed by atoms with Crippen LogP contribution in [-0.2, 0) is 19.1 Å². The van der Waals surface area contributed by atoms with Crippen LogP contribution in [0, 0.1) is 18.8 Å². The van der Waals surface area contributed by atoms with Gasteiger partial charge in [-0.3, -0.25) is 9.59 Å². The number of hydrogen-bond donors (Lipinski definition) is 2. The minimum absolute atomic E-state index is 0.0516. The molecule has 0 saturated carbocycles. The molecule has 6 nitrogen and oxygen atoms in total. The van der Waals surface area contributed by atoms with Crippen molar-refractivity contribution in [2.45, 2.75) is 25.9 Å². The first-order chi connectivity index (χ1) is 10.5. The summed E-state index contributed by atoms with van der Waals surface area (Å²) in [6.07, 6.45) is 4.12. The van der Waals surface area contributed by atoms with Crippen molar-refractivity contribution in [1.82, 2.24) is 0 Å². The van der Waals surface area contributed by atoms with Crippen LogP contribution in [0.25, 0.3) is 0 Å². The zero-order valence-corrected chi connectivity index (χ0v) is 13.1. The maximum absolute atomic E-state index is 12.2. The van der Waals surface area contributed by atoms with E-state index in [9.17, 15) is 14.7 Å². The van der Waals surface area contributed by atoms with Crippen molar-refractivity contribution in [3.05, 3.63) is 31.7 Å². The van der Waals surface area contributed by atoms with Gasteiger partial charge < -0.3 is 20.3 Å². The van der Waals surface area contributed by atoms with Gasteiger partial charge in [-0.05, 0) is 13.3 Å². The zero-order chi connectivity index (χ0) is 17.0. The molecule has 0 amide bonds. The standard InChI is InChI=1S/C16H26NO5/c1-4-7-8-12(15(19)22-11-9-17)14(13(18)6-3)16(20)21-10-5-2/h4,6-7,12-14,18H,2-3,5,8-11,17H2,1H3/q+1/b7-4+. The number of rotatable bonds is 11. The molecule has 0 aromatic carbocycles. The average Bonchev–Trinajstić information content (AvgIpc) is 2.53. The van der Waals surface area contributed by atoms with Crippen molar-refractivity contribution in [2.24, 2.45) is 17.6 Å². The summed E-state index contributed by atoms with van der Waals surface area (Å²) in [7, 11) is 0. The molecule has 0 radical (unpaired) electrons. The maximum atomic E-state index is 12.2. The predicted octanol–water partition coefficient (Wildman–Crippen LogP) is 1.00. The van der Waals surface area contributed by atoms with Crippen molar-refractivity contribution < 1.29 is 24.2 Å². The van der Waals surface area contributed by atoms with Crippen LogP contribution < -0.4 is 5.73 Å². The Morgan fingerprint density at radius 3 is 2.45 bits per heavy atom. The van der Waals surface area contributed by atoms with Gasteiger partial charge in [-0.15, -0.1) is 6.58 Å². The Balaban J connectivity index is 5.27. The molecule has 0 spiro atoms. The second-order valence-corrected chi connectivity index (χ2v) is 4.64. The van der Waals surface area contributed by atoms with Crippen LogP contribution >= 0.6 is 0 Å². The van der Waals surface area contributed by atoms with Gasteiger partial charge >= 0.3 is 11.9 Å². The molecule has 3 unspecified atom stereocenters. The van der Waals surface area contributed by atoms with Crippen LogP contribution in [0.15, 0.2) is 24.8 Å². The quantitative estimate of drug-likeness (QED) is 0.335. The van der Waals surface area contributed by atoms with Crippen molar-refractivity contribution in [2.75, 3.05) is 19.8 Å². The Labute approximate surface area is 132 Å². The van der Waals surface area contributed by atoms with E-state index in [1.165, 1.54) is 6.08 Å². The minimum Gasteiger partial charge on any atom is -0.464 e. The number of nitrogens with two attached hydrogens (primary N) is 1. The lowest BCUT2D eigenvalue weighted by Gasteiger charge is -2.25. The molecule has 0 aromatic rings. The molecule has 124 valence electrons. The molecule has 0 aliphatic rings. The van der Waals surface area contributed by atoms with E-state index in [1.54, 1.807) is 19.1 Å². The van der Waals surface area contributed by atoms with Crippen LogP contribution in [0.2, 0.25) is 0 Å². The van der Waals surface area contributed by atoms with Gasteiger partial charge in [-0.2, -0.15) is 0 Å². The van der Waals surface area contributed by atoms with Gasteiger partial charge in [0.1, 0.15) is 19.6 Å². The second kappa shape index (κ2) is 11.8. The predicted molar refractivity (Wildman–Crippen MR) is 83.6 cm³/mol. The van der Waals surface area contributed by atoms with Gasteiger partial charge in [-0.25, -0.2) is 0 Å². The van der Waals surface area contributed by atoms with Crippen molar-refractivity contribution >= 4 is 11.9 Å². The smallest absolute Gasteiger partial charge is 0.312 e. The Bertz CT molecular complexity index is 381. The van der Waals surface area contributed by atoms with E-state index >= 15 is 0 Å². The fourth-order valence-electron chi connectivity index (χ4n) is 1.90. The molecule has 22 heavy (non-hydrogen) atoms. The summed E-state index contributed by atoms with van der Waals surface area (Å²) >= 11 is 0. The van der Waals surface area contributed by atoms with Crippen LogP contribution in [0.5, 0.6) is 0 Å². The zero-order valence-electron chi connectivity index (χ0n) is 13.1. The number of hydrogen-bond acceptors (Lipinski definition) is 6. The van der Waals surface area contributed by atoms with Crippen molar-refractivity contribution in [1.29, 1.82) is 0 Å². The number of aliphatic hydroxyl groups excluding tert-OH is 1. The van der Waals surface area contributed by atoms with E-state index in [0.29, 0.717) is 6.42 Å². The van der Waals surface area contributed by atoms with E-state index in [4.69, 9.17) is 15.2 Å². The minimum atomic E-state index is -1.21. The third-order valence-electron chi connectivity index (χ3n) is 2.99. The highest BCUT2D eigenvalue weighted by Gasteiger charge is 2.39. The summed E-state index contributed by atoms with van der Waals surface area (Å²) in [6.45, 7) is 9.19. The lowest BCUT2D eigenvalue weighted by molar-refractivity contribution is -0.164. The number of carbonyl (C=O) groups is 2. The first-order valence-corrected chi connectivity index (χ1v) is 7.27. The summed E-state index contributed by atoms with van der Waals surface area (Å²) in [6, 6.07) is 0. The molecular formula is C16H26NO5+. The Morgan fingerprint density at radius 2 is 1.95 bits per heavy atom. The third kappa shape index (κ3) is 6.78. The van der Waals surface area contributed by atoms with Crippen molar-refractivity contribution in [3.63, 3.8) is 0 Å². The van der Waals surface area contributed by atoms with E-state index < -0.39 is 29.9 Å². The fourth-order valence-corrected chi connectivity index (χ4v) is 1.90. The molecule has 3 atom stereocenters. The molecule has 0 heterocycles. The van der Waals surface area contributed by atoms with E-state index in [1.807, 2.05) is 0 Å². The average molecular weight is 312 g/mol. The highest BCUT2D eigenvalue weighted by Crippen LogP contribution is 2.25. The van der Waals surface area contributed by atoms with E-state index in [-0.39, 0.29) is 26.2 Å². The van der Waals surface area contributed by atoms with Gasteiger partial charge in [0.15, 0.2) is 0 Å². The van der Waals surface area contributed by atoms with Crippen LogP contribution in [0.4, 0.5) is 0 Å². The summed E-state index contributed by atoms with van der Waals surface area (Å²) < 4.78 is 10.0. The van der Waals surface area contributed by atoms with Crippen LogP contribution in [-0.4, -0.2) is 42.9 Å². The van der Waals surface area contributed by atoms with Gasteiger partial charge in [0.25, 0.3) is 0 Å². The number of carbonyl (C=O) groups excluding carboxylic acids is 2. The molecular weight excluding hydrogens is 286 g/mol. The summed E-state index contributed by atoms with van der Waals surface area (Å²) in [4.78, 5) is 24.3. The SMILES string of the molecule is C=CC(O)C(C(=O)OCC[CH2+])C(C/C=C/C)C(=O)OCCN. The second-order valence-electron chi connectivity index (χ2n) is 4.64. The lowest BCUT2D eigenvalue weighted by atomic mass is 9.84. The number of ether oxygens (including phenoxy) is 2. The van der Waals surface area contributed by atoms with Gasteiger partial charge in [-0.1, -0.05) is 18.2 Å². The molecule has 3 N–H and O–H groups in total. The molecule has 0 aliphatic heterocycles. The molecule has 0 bridgehead atoms. The first-order valence-electron chi connectivity index (χ1n) is 7.27. The molecule has 0 aromatic heterocycles. The molecule has 0 saturated heterocycles. The summed E-state index contributed by atoms with van der Waals surface area (Å²) in [5.41, 5.74) is 5.31. The molecule has 0 fully saturated rings. The molecule has 0 aliphatic carbocycles. The number of aliphatic hydroxyl groups is 1. The maximum Gasteiger partial charge on any atom is 0.312 e. The monoisotopic (exact) mass is 312 g/mol. The van der Waals surface area contributed by atoms with Crippen molar-refractivity contribution in [3.8, 4) is 0 Å². The molecule has 0 rings (SSSR count). The lowest BCUT2D eigenvalue weighted by Crippen LogP contribution is -2.40. The Morgan fingerprint density at radius 1 is 1.32 bits per heavy atom. The topological polar surface area (TPSA) is 98.8 Å².